The Morgan fingerprint density at radius 1 is 1.35 bits per heavy atom. The van der Waals surface area contributed by atoms with Gasteiger partial charge in [0.1, 0.15) is 0 Å². The van der Waals surface area contributed by atoms with Gasteiger partial charge >= 0.3 is 0 Å². The number of hydrogen-bond donors (Lipinski definition) is 1. The van der Waals surface area contributed by atoms with E-state index in [1.54, 1.807) is 18.3 Å². The molecule has 4 nitrogen and oxygen atoms in total. The topological polar surface area (TPSA) is 63.6 Å². The highest BCUT2D eigenvalue weighted by Crippen LogP contribution is 2.21. The van der Waals surface area contributed by atoms with Crippen LogP contribution < -0.4 is 0 Å². The zero-order valence-electron chi connectivity index (χ0n) is 11.3. The first-order valence-electron chi connectivity index (χ1n) is 6.43. The highest BCUT2D eigenvalue weighted by atomic mass is 32.2. The molecule has 6 heteroatoms. The lowest BCUT2D eigenvalue weighted by Gasteiger charge is -2.10. The normalized spacial score (nSPS) is 13.7. The first-order valence-corrected chi connectivity index (χ1v) is 8.92. The van der Waals surface area contributed by atoms with Crippen molar-refractivity contribution in [1.82, 2.24) is 0 Å². The Balaban J connectivity index is 1.75. The average Bonchev–Trinajstić information content (AvgIpc) is 2.79. The second-order valence-corrected chi connectivity index (χ2v) is 7.42. The molecular weight excluding hydrogens is 296 g/mol. The van der Waals surface area contributed by atoms with E-state index in [2.05, 4.69) is 29.6 Å². The average molecular weight is 314 g/mol. The van der Waals surface area contributed by atoms with Crippen LogP contribution in [0.4, 0.5) is 0 Å². The summed E-state index contributed by atoms with van der Waals surface area (Å²) in [6.07, 6.45) is 0.796. The lowest BCUT2D eigenvalue weighted by atomic mass is 10.1. The van der Waals surface area contributed by atoms with Crippen LogP contribution in [0, 0.1) is 5.92 Å². The molecule has 1 aromatic carbocycles. The minimum absolute atomic E-state index is 0.204. The Hall–Kier alpha value is -0.950. The smallest absolute Gasteiger partial charge is 0.265 e. The number of thiophene rings is 1. The van der Waals surface area contributed by atoms with Gasteiger partial charge in [-0.15, -0.1) is 11.3 Å². The van der Waals surface area contributed by atoms with Crippen LogP contribution in [0.5, 0.6) is 0 Å². The third-order valence-corrected chi connectivity index (χ3v) is 4.84. The van der Waals surface area contributed by atoms with Gasteiger partial charge in [0.25, 0.3) is 10.1 Å². The molecule has 0 spiro atoms. The lowest BCUT2D eigenvalue weighted by molar-refractivity contribution is 0.113. The van der Waals surface area contributed by atoms with Gasteiger partial charge in [0.05, 0.1) is 19.0 Å². The van der Waals surface area contributed by atoms with Crippen molar-refractivity contribution in [3.63, 3.8) is 0 Å². The van der Waals surface area contributed by atoms with E-state index in [1.807, 2.05) is 0 Å². The Morgan fingerprint density at radius 3 is 2.90 bits per heavy atom. The Kier molecular flexibility index (Phi) is 5.15. The fourth-order valence-corrected chi connectivity index (χ4v) is 3.64. The van der Waals surface area contributed by atoms with Crippen molar-refractivity contribution < 1.29 is 17.7 Å². The van der Waals surface area contributed by atoms with Gasteiger partial charge in [0.2, 0.25) is 0 Å². The molecule has 2 rings (SSSR count). The molecular formula is C14H18O4S2. The fraction of sp³-hybridized carbons (Fsp3) is 0.429. The molecule has 1 unspecified atom stereocenters. The molecule has 0 amide bonds. The van der Waals surface area contributed by atoms with Crippen molar-refractivity contribution >= 4 is 31.5 Å². The maximum atomic E-state index is 10.7. The molecule has 0 aliphatic rings. The van der Waals surface area contributed by atoms with E-state index >= 15 is 0 Å². The summed E-state index contributed by atoms with van der Waals surface area (Å²) >= 11 is 1.72. The molecule has 1 aromatic heterocycles. The second kappa shape index (κ2) is 6.67. The second-order valence-electron chi connectivity index (χ2n) is 4.97. The van der Waals surface area contributed by atoms with Crippen LogP contribution in [0.1, 0.15) is 12.5 Å². The zero-order chi connectivity index (χ0) is 14.6. The summed E-state index contributed by atoms with van der Waals surface area (Å²) in [4.78, 5) is 0. The molecule has 0 fully saturated rings. The van der Waals surface area contributed by atoms with Crippen LogP contribution in [0.2, 0.25) is 0 Å². The Labute approximate surface area is 123 Å². The van der Waals surface area contributed by atoms with Gasteiger partial charge in [0.15, 0.2) is 0 Å². The standard InChI is InChI=1S/C14H18O4S2/c1-11(10-20(15,16)17)9-18-6-4-12-2-3-14-13(8-12)5-7-19-14/h2-3,5,7-8,11H,4,6,9-10H2,1H3,(H,15,16,17). The minimum atomic E-state index is -3.91. The molecule has 110 valence electrons. The molecule has 2 aromatic rings. The van der Waals surface area contributed by atoms with E-state index < -0.39 is 10.1 Å². The summed E-state index contributed by atoms with van der Waals surface area (Å²) in [5, 5.41) is 3.31. The summed E-state index contributed by atoms with van der Waals surface area (Å²) in [7, 11) is -3.91. The van der Waals surface area contributed by atoms with Crippen molar-refractivity contribution in [2.75, 3.05) is 19.0 Å². The van der Waals surface area contributed by atoms with Gasteiger partial charge in [0, 0.05) is 4.70 Å². The molecule has 0 radical (unpaired) electrons. The molecule has 0 aliphatic carbocycles. The van der Waals surface area contributed by atoms with Crippen LogP contribution in [0.25, 0.3) is 10.1 Å². The van der Waals surface area contributed by atoms with Crippen molar-refractivity contribution in [3.8, 4) is 0 Å². The van der Waals surface area contributed by atoms with Crippen LogP contribution in [-0.2, 0) is 21.3 Å². The predicted octanol–water partition coefficient (Wildman–Crippen LogP) is 2.98. The molecule has 20 heavy (non-hydrogen) atoms. The molecule has 0 saturated heterocycles. The van der Waals surface area contributed by atoms with E-state index in [0.29, 0.717) is 13.2 Å². The third-order valence-electron chi connectivity index (χ3n) is 2.95. The Bertz CT molecular complexity index is 661. The van der Waals surface area contributed by atoms with Crippen LogP contribution in [0.15, 0.2) is 29.6 Å². The molecule has 0 bridgehead atoms. The summed E-state index contributed by atoms with van der Waals surface area (Å²) in [6, 6.07) is 8.44. The predicted molar refractivity (Wildman–Crippen MR) is 81.9 cm³/mol. The van der Waals surface area contributed by atoms with Gasteiger partial charge in [-0.2, -0.15) is 8.42 Å². The number of rotatable bonds is 7. The van der Waals surface area contributed by atoms with Crippen molar-refractivity contribution in [2.24, 2.45) is 5.92 Å². The van der Waals surface area contributed by atoms with Crippen LogP contribution in [0.3, 0.4) is 0 Å². The lowest BCUT2D eigenvalue weighted by Crippen LogP contribution is -2.18. The molecule has 0 aliphatic heterocycles. The van der Waals surface area contributed by atoms with E-state index in [1.165, 1.54) is 15.6 Å². The summed E-state index contributed by atoms with van der Waals surface area (Å²) < 4.78 is 36.9. The molecule has 1 N–H and O–H groups in total. The van der Waals surface area contributed by atoms with Gasteiger partial charge in [-0.3, -0.25) is 4.55 Å². The molecule has 1 atom stereocenters. The monoisotopic (exact) mass is 314 g/mol. The minimum Gasteiger partial charge on any atom is -0.381 e. The third kappa shape index (κ3) is 4.86. The van der Waals surface area contributed by atoms with Crippen molar-refractivity contribution in [2.45, 2.75) is 13.3 Å². The van der Waals surface area contributed by atoms with Gasteiger partial charge in [-0.25, -0.2) is 0 Å². The number of ether oxygens (including phenoxy) is 1. The van der Waals surface area contributed by atoms with Crippen molar-refractivity contribution in [3.05, 3.63) is 35.2 Å². The van der Waals surface area contributed by atoms with E-state index in [9.17, 15) is 8.42 Å². The maximum absolute atomic E-state index is 10.7. The van der Waals surface area contributed by atoms with E-state index in [-0.39, 0.29) is 11.7 Å². The highest BCUT2D eigenvalue weighted by Gasteiger charge is 2.12. The first-order chi connectivity index (χ1) is 9.44. The largest absolute Gasteiger partial charge is 0.381 e. The summed E-state index contributed by atoms with van der Waals surface area (Å²) in [5.41, 5.74) is 1.21. The number of benzene rings is 1. The maximum Gasteiger partial charge on any atom is 0.265 e. The first kappa shape index (κ1) is 15.4. The van der Waals surface area contributed by atoms with E-state index in [0.717, 1.165) is 6.42 Å². The van der Waals surface area contributed by atoms with Gasteiger partial charge < -0.3 is 4.74 Å². The SMILES string of the molecule is CC(COCCc1ccc2sccc2c1)CS(=O)(=O)O. The fourth-order valence-electron chi connectivity index (χ4n) is 2.05. The number of fused-ring (bicyclic) bond motifs is 1. The zero-order valence-corrected chi connectivity index (χ0v) is 12.9. The summed E-state index contributed by atoms with van der Waals surface area (Å²) in [5.74, 6) is -0.460. The van der Waals surface area contributed by atoms with Crippen LogP contribution in [-0.4, -0.2) is 31.9 Å². The molecule has 1 heterocycles. The van der Waals surface area contributed by atoms with Gasteiger partial charge in [-0.1, -0.05) is 19.1 Å². The molecule has 0 saturated carbocycles. The highest BCUT2D eigenvalue weighted by molar-refractivity contribution is 7.85. The summed E-state index contributed by atoms with van der Waals surface area (Å²) in [6.45, 7) is 2.62. The van der Waals surface area contributed by atoms with Crippen molar-refractivity contribution in [1.29, 1.82) is 0 Å². The van der Waals surface area contributed by atoms with Gasteiger partial charge in [-0.05, 0) is 40.8 Å². The quantitative estimate of drug-likeness (QED) is 0.630. The number of hydrogen-bond acceptors (Lipinski definition) is 4. The Morgan fingerprint density at radius 2 is 2.15 bits per heavy atom. The van der Waals surface area contributed by atoms with Crippen LogP contribution >= 0.6 is 11.3 Å². The van der Waals surface area contributed by atoms with E-state index in [4.69, 9.17) is 9.29 Å².